The Morgan fingerprint density at radius 2 is 2.00 bits per heavy atom. The van der Waals surface area contributed by atoms with Gasteiger partial charge in [0.2, 0.25) is 0 Å². The number of rotatable bonds is 7. The zero-order valence-electron chi connectivity index (χ0n) is 13.6. The van der Waals surface area contributed by atoms with Crippen molar-refractivity contribution >= 4 is 23.7 Å². The minimum absolute atomic E-state index is 0.325. The van der Waals surface area contributed by atoms with Crippen LogP contribution in [0.1, 0.15) is 29.3 Å². The fourth-order valence-electron chi connectivity index (χ4n) is 1.95. The summed E-state index contributed by atoms with van der Waals surface area (Å²) in [5.41, 5.74) is 3.63. The molecule has 1 N–H and O–H groups in total. The zero-order chi connectivity index (χ0) is 17.4. The van der Waals surface area contributed by atoms with Crippen LogP contribution in [0.5, 0.6) is 11.5 Å². The van der Waals surface area contributed by atoms with Gasteiger partial charge in [-0.1, -0.05) is 18.5 Å². The third kappa shape index (κ3) is 4.99. The molecule has 0 unspecified atom stereocenters. The Morgan fingerprint density at radius 1 is 1.25 bits per heavy atom. The van der Waals surface area contributed by atoms with Gasteiger partial charge in [-0.25, -0.2) is 5.43 Å². The largest absolute Gasteiger partial charge is 0.496 e. The normalized spacial score (nSPS) is 10.6. The van der Waals surface area contributed by atoms with Crippen LogP contribution in [0.4, 0.5) is 0 Å². The lowest BCUT2D eigenvalue weighted by Crippen LogP contribution is -2.18. The van der Waals surface area contributed by atoms with Crippen LogP contribution >= 0.6 is 11.6 Å². The van der Waals surface area contributed by atoms with E-state index in [9.17, 15) is 4.79 Å². The minimum Gasteiger partial charge on any atom is -0.496 e. The van der Waals surface area contributed by atoms with Gasteiger partial charge in [0.15, 0.2) is 0 Å². The molecule has 0 fully saturated rings. The van der Waals surface area contributed by atoms with Crippen LogP contribution < -0.4 is 14.9 Å². The summed E-state index contributed by atoms with van der Waals surface area (Å²) >= 11 is 5.91. The predicted octanol–water partition coefficient (Wildman–Crippen LogP) is 3.90. The van der Waals surface area contributed by atoms with Crippen molar-refractivity contribution in [1.29, 1.82) is 0 Å². The fourth-order valence-corrected chi connectivity index (χ4v) is 2.13. The lowest BCUT2D eigenvalue weighted by molar-refractivity contribution is 0.0952. The first-order chi connectivity index (χ1) is 11.6. The number of halogens is 1. The maximum Gasteiger partial charge on any atom is 0.275 e. The van der Waals surface area contributed by atoms with E-state index in [2.05, 4.69) is 17.5 Å². The van der Waals surface area contributed by atoms with Crippen molar-refractivity contribution in [2.24, 2.45) is 5.10 Å². The molecule has 1 amide bonds. The van der Waals surface area contributed by atoms with Crippen molar-refractivity contribution in [3.8, 4) is 11.5 Å². The van der Waals surface area contributed by atoms with E-state index < -0.39 is 5.91 Å². The highest BCUT2D eigenvalue weighted by atomic mass is 35.5. The van der Waals surface area contributed by atoms with Crippen LogP contribution in [-0.2, 0) is 0 Å². The molecule has 0 aliphatic carbocycles. The van der Waals surface area contributed by atoms with Gasteiger partial charge in [0.1, 0.15) is 11.5 Å². The van der Waals surface area contributed by atoms with Gasteiger partial charge in [-0.2, -0.15) is 5.10 Å². The molecule has 6 heteroatoms. The highest BCUT2D eigenvalue weighted by Gasteiger charge is 2.12. The molecule has 0 aromatic heterocycles. The number of methoxy groups -OCH3 is 1. The molecule has 2 rings (SSSR count). The van der Waals surface area contributed by atoms with Crippen LogP contribution in [0.25, 0.3) is 0 Å². The fraction of sp³-hybridized carbons (Fsp3) is 0.222. The van der Waals surface area contributed by atoms with E-state index in [4.69, 9.17) is 21.1 Å². The molecule has 0 aliphatic rings. The van der Waals surface area contributed by atoms with Crippen LogP contribution in [-0.4, -0.2) is 25.8 Å². The van der Waals surface area contributed by atoms with Crippen LogP contribution in [0.3, 0.4) is 0 Å². The number of carbonyl (C=O) groups excluding carboxylic acids is 1. The number of hydrogen-bond acceptors (Lipinski definition) is 4. The Kier molecular flexibility index (Phi) is 6.63. The third-order valence-corrected chi connectivity index (χ3v) is 3.37. The molecule has 0 saturated heterocycles. The van der Waals surface area contributed by atoms with E-state index in [1.807, 2.05) is 24.3 Å². The Bertz CT molecular complexity index is 715. The van der Waals surface area contributed by atoms with Gasteiger partial charge in [0.05, 0.1) is 25.5 Å². The summed E-state index contributed by atoms with van der Waals surface area (Å²) in [6.07, 6.45) is 2.51. The summed E-state index contributed by atoms with van der Waals surface area (Å²) in [5.74, 6) is 0.847. The molecule has 0 radical (unpaired) electrons. The summed E-state index contributed by atoms with van der Waals surface area (Å²) in [4.78, 5) is 12.2. The van der Waals surface area contributed by atoms with E-state index in [0.717, 1.165) is 17.7 Å². The number of hydrogen-bond donors (Lipinski definition) is 1. The van der Waals surface area contributed by atoms with Crippen LogP contribution in [0.15, 0.2) is 47.6 Å². The lowest BCUT2D eigenvalue weighted by Gasteiger charge is -2.07. The molecule has 0 atom stereocenters. The summed E-state index contributed by atoms with van der Waals surface area (Å²) in [6, 6.07) is 12.3. The molecular formula is C18H19ClN2O3. The highest BCUT2D eigenvalue weighted by Crippen LogP contribution is 2.22. The molecule has 0 aliphatic heterocycles. The molecule has 0 spiro atoms. The van der Waals surface area contributed by atoms with Crippen molar-refractivity contribution in [3.05, 3.63) is 58.6 Å². The first kappa shape index (κ1) is 17.8. The van der Waals surface area contributed by atoms with E-state index in [1.54, 1.807) is 18.3 Å². The second-order valence-corrected chi connectivity index (χ2v) is 5.40. The molecule has 2 aromatic carbocycles. The van der Waals surface area contributed by atoms with Gasteiger partial charge in [0.25, 0.3) is 5.91 Å². The highest BCUT2D eigenvalue weighted by molar-refractivity contribution is 6.31. The van der Waals surface area contributed by atoms with Crippen molar-refractivity contribution in [1.82, 2.24) is 5.43 Å². The van der Waals surface area contributed by atoms with Crippen molar-refractivity contribution in [3.63, 3.8) is 0 Å². The molecule has 24 heavy (non-hydrogen) atoms. The number of nitrogens with zero attached hydrogens (tertiary/aromatic N) is 1. The van der Waals surface area contributed by atoms with Crippen molar-refractivity contribution in [2.45, 2.75) is 13.3 Å². The van der Waals surface area contributed by atoms with Gasteiger partial charge in [-0.3, -0.25) is 4.79 Å². The Hall–Kier alpha value is -2.53. The molecular weight excluding hydrogens is 328 g/mol. The second-order valence-electron chi connectivity index (χ2n) is 4.96. The van der Waals surface area contributed by atoms with Crippen molar-refractivity contribution < 1.29 is 14.3 Å². The van der Waals surface area contributed by atoms with Crippen molar-refractivity contribution in [2.75, 3.05) is 13.7 Å². The first-order valence-corrected chi connectivity index (χ1v) is 7.91. The predicted molar refractivity (Wildman–Crippen MR) is 95.3 cm³/mol. The standard InChI is InChI=1S/C18H19ClN2O3/c1-3-10-24-15-7-4-13(5-8-15)12-20-21-18(22)16-11-14(19)6-9-17(16)23-2/h4-9,11-12H,3,10H2,1-2H3,(H,21,22). The minimum atomic E-state index is -0.395. The molecule has 0 bridgehead atoms. The number of amides is 1. The Morgan fingerprint density at radius 3 is 2.67 bits per heavy atom. The van der Waals surface area contributed by atoms with E-state index in [0.29, 0.717) is 22.9 Å². The summed E-state index contributed by atoms with van der Waals surface area (Å²) in [6.45, 7) is 2.74. The monoisotopic (exact) mass is 346 g/mol. The van der Waals surface area contributed by atoms with Crippen LogP contribution in [0.2, 0.25) is 5.02 Å². The lowest BCUT2D eigenvalue weighted by atomic mass is 10.2. The average molecular weight is 347 g/mol. The second kappa shape index (κ2) is 8.93. The number of ether oxygens (including phenoxy) is 2. The molecule has 0 heterocycles. The molecule has 5 nitrogen and oxygen atoms in total. The number of benzene rings is 2. The molecule has 126 valence electrons. The zero-order valence-corrected chi connectivity index (χ0v) is 14.3. The number of nitrogens with one attached hydrogen (secondary N) is 1. The summed E-state index contributed by atoms with van der Waals surface area (Å²) in [7, 11) is 1.49. The maximum absolute atomic E-state index is 12.2. The van der Waals surface area contributed by atoms with E-state index in [-0.39, 0.29) is 0 Å². The van der Waals surface area contributed by atoms with Gasteiger partial charge in [0, 0.05) is 5.02 Å². The van der Waals surface area contributed by atoms with E-state index >= 15 is 0 Å². The number of hydrazone groups is 1. The van der Waals surface area contributed by atoms with Crippen LogP contribution in [0, 0.1) is 0 Å². The quantitative estimate of drug-likeness (QED) is 0.611. The summed E-state index contributed by atoms with van der Waals surface area (Å²) < 4.78 is 10.7. The SMILES string of the molecule is CCCOc1ccc(C=NNC(=O)c2cc(Cl)ccc2OC)cc1. The van der Waals surface area contributed by atoms with E-state index in [1.165, 1.54) is 13.2 Å². The number of carbonyl (C=O) groups is 1. The average Bonchev–Trinajstić information content (AvgIpc) is 2.61. The Balaban J connectivity index is 1.98. The van der Waals surface area contributed by atoms with Gasteiger partial charge >= 0.3 is 0 Å². The Labute approximate surface area is 146 Å². The molecule has 2 aromatic rings. The third-order valence-electron chi connectivity index (χ3n) is 3.14. The maximum atomic E-state index is 12.2. The molecule has 0 saturated carbocycles. The first-order valence-electron chi connectivity index (χ1n) is 7.54. The topological polar surface area (TPSA) is 59.9 Å². The van der Waals surface area contributed by atoms with Gasteiger partial charge in [-0.15, -0.1) is 0 Å². The van der Waals surface area contributed by atoms with Gasteiger partial charge in [-0.05, 0) is 54.4 Å². The van der Waals surface area contributed by atoms with Gasteiger partial charge < -0.3 is 9.47 Å². The summed E-state index contributed by atoms with van der Waals surface area (Å²) in [5, 5.41) is 4.40. The smallest absolute Gasteiger partial charge is 0.275 e.